The molecule has 0 aliphatic heterocycles. The first kappa shape index (κ1) is 11.9. The minimum atomic E-state index is -0.931. The first-order valence-electron chi connectivity index (χ1n) is 5.41. The number of thiophene rings is 1. The molecule has 5 heteroatoms. The molecule has 0 unspecified atom stereocenters. The van der Waals surface area contributed by atoms with Crippen molar-refractivity contribution in [2.45, 2.75) is 20.4 Å². The van der Waals surface area contributed by atoms with Crippen LogP contribution >= 0.6 is 11.3 Å². The topological polar surface area (TPSA) is 55.1 Å². The minimum absolute atomic E-state index is 0.250. The Labute approximate surface area is 104 Å². The SMILES string of the molecule is CC(C)Cn1nc(-c2ccsc2)cc1C(=O)O. The smallest absolute Gasteiger partial charge is 0.354 e. The van der Waals surface area contributed by atoms with Crippen LogP contribution in [0.1, 0.15) is 24.3 Å². The normalized spacial score (nSPS) is 11.0. The lowest BCUT2D eigenvalue weighted by atomic mass is 10.2. The van der Waals surface area contributed by atoms with Gasteiger partial charge in [-0.05, 0) is 23.4 Å². The van der Waals surface area contributed by atoms with Crippen molar-refractivity contribution < 1.29 is 9.90 Å². The number of carboxylic acids is 1. The van der Waals surface area contributed by atoms with Gasteiger partial charge in [0.2, 0.25) is 0 Å². The van der Waals surface area contributed by atoms with Crippen LogP contribution < -0.4 is 0 Å². The van der Waals surface area contributed by atoms with Gasteiger partial charge < -0.3 is 5.11 Å². The largest absolute Gasteiger partial charge is 0.477 e. The molecule has 0 saturated carbocycles. The fraction of sp³-hybridized carbons (Fsp3) is 0.333. The van der Waals surface area contributed by atoms with E-state index in [0.29, 0.717) is 12.5 Å². The summed E-state index contributed by atoms with van der Waals surface area (Å²) < 4.78 is 1.57. The maximum atomic E-state index is 11.1. The second kappa shape index (κ2) is 4.71. The van der Waals surface area contributed by atoms with Gasteiger partial charge in [0.05, 0.1) is 5.69 Å². The third-order valence-electron chi connectivity index (χ3n) is 2.35. The number of nitrogens with zero attached hydrogens (tertiary/aromatic N) is 2. The fourth-order valence-electron chi connectivity index (χ4n) is 1.63. The third-order valence-corrected chi connectivity index (χ3v) is 3.04. The van der Waals surface area contributed by atoms with E-state index in [1.54, 1.807) is 22.1 Å². The maximum Gasteiger partial charge on any atom is 0.354 e. The van der Waals surface area contributed by atoms with Crippen LogP contribution in [0.5, 0.6) is 0 Å². The number of carbonyl (C=O) groups is 1. The Morgan fingerprint density at radius 3 is 2.88 bits per heavy atom. The molecule has 4 nitrogen and oxygen atoms in total. The summed E-state index contributed by atoms with van der Waals surface area (Å²) in [4.78, 5) is 11.1. The molecule has 2 aromatic rings. The highest BCUT2D eigenvalue weighted by molar-refractivity contribution is 7.08. The van der Waals surface area contributed by atoms with E-state index >= 15 is 0 Å². The molecule has 2 aromatic heterocycles. The molecule has 2 heterocycles. The average Bonchev–Trinajstić information content (AvgIpc) is 2.82. The van der Waals surface area contributed by atoms with E-state index < -0.39 is 5.97 Å². The van der Waals surface area contributed by atoms with E-state index in [1.807, 2.05) is 30.7 Å². The van der Waals surface area contributed by atoms with Gasteiger partial charge in [0.25, 0.3) is 0 Å². The predicted octanol–water partition coefficient (Wildman–Crippen LogP) is 2.97. The lowest BCUT2D eigenvalue weighted by Crippen LogP contribution is -2.13. The average molecular weight is 250 g/mol. The lowest BCUT2D eigenvalue weighted by molar-refractivity contribution is 0.0682. The van der Waals surface area contributed by atoms with Crippen molar-refractivity contribution in [3.05, 3.63) is 28.6 Å². The summed E-state index contributed by atoms with van der Waals surface area (Å²) in [6, 6.07) is 3.57. The minimum Gasteiger partial charge on any atom is -0.477 e. The Hall–Kier alpha value is -1.62. The Morgan fingerprint density at radius 1 is 1.59 bits per heavy atom. The summed E-state index contributed by atoms with van der Waals surface area (Å²) in [5.41, 5.74) is 1.95. The summed E-state index contributed by atoms with van der Waals surface area (Å²) in [6.45, 7) is 4.70. The monoisotopic (exact) mass is 250 g/mol. The van der Waals surface area contributed by atoms with E-state index in [4.69, 9.17) is 5.11 Å². The lowest BCUT2D eigenvalue weighted by Gasteiger charge is -2.06. The van der Waals surface area contributed by atoms with Crippen LogP contribution in [0.25, 0.3) is 11.3 Å². The highest BCUT2D eigenvalue weighted by atomic mass is 32.1. The molecule has 0 spiro atoms. The Bertz CT molecular complexity index is 515. The van der Waals surface area contributed by atoms with Gasteiger partial charge in [-0.25, -0.2) is 4.79 Å². The number of rotatable bonds is 4. The zero-order valence-corrected chi connectivity index (χ0v) is 10.6. The molecule has 17 heavy (non-hydrogen) atoms. The number of carboxylic acid groups (broad SMARTS) is 1. The molecule has 0 atom stereocenters. The van der Waals surface area contributed by atoms with Gasteiger partial charge in [0.1, 0.15) is 5.69 Å². The van der Waals surface area contributed by atoms with Crippen molar-refractivity contribution in [2.24, 2.45) is 5.92 Å². The molecule has 0 aromatic carbocycles. The molecule has 0 amide bonds. The molecule has 0 aliphatic carbocycles. The molecule has 90 valence electrons. The fourth-order valence-corrected chi connectivity index (χ4v) is 2.27. The molecule has 0 bridgehead atoms. The van der Waals surface area contributed by atoms with E-state index in [9.17, 15) is 4.79 Å². The third kappa shape index (κ3) is 2.55. The van der Waals surface area contributed by atoms with Crippen LogP contribution in [0.4, 0.5) is 0 Å². The summed E-state index contributed by atoms with van der Waals surface area (Å²) in [6.07, 6.45) is 0. The van der Waals surface area contributed by atoms with Crippen LogP contribution in [0.2, 0.25) is 0 Å². The number of hydrogen-bond donors (Lipinski definition) is 1. The van der Waals surface area contributed by atoms with Crippen LogP contribution in [-0.4, -0.2) is 20.9 Å². The van der Waals surface area contributed by atoms with Crippen molar-refractivity contribution >= 4 is 17.3 Å². The molecule has 0 fully saturated rings. The zero-order chi connectivity index (χ0) is 12.4. The van der Waals surface area contributed by atoms with E-state index in [-0.39, 0.29) is 5.69 Å². The van der Waals surface area contributed by atoms with Gasteiger partial charge in [0.15, 0.2) is 0 Å². The van der Waals surface area contributed by atoms with Gasteiger partial charge in [0, 0.05) is 17.5 Å². The second-order valence-corrected chi connectivity index (χ2v) is 5.09. The summed E-state index contributed by atoms with van der Waals surface area (Å²) in [7, 11) is 0. The van der Waals surface area contributed by atoms with E-state index in [1.165, 1.54) is 0 Å². The Balaban J connectivity index is 2.41. The molecular weight excluding hydrogens is 236 g/mol. The summed E-state index contributed by atoms with van der Waals surface area (Å²) >= 11 is 1.58. The van der Waals surface area contributed by atoms with E-state index in [2.05, 4.69) is 5.10 Å². The number of hydrogen-bond acceptors (Lipinski definition) is 3. The van der Waals surface area contributed by atoms with Crippen LogP contribution in [0, 0.1) is 5.92 Å². The predicted molar refractivity (Wildman–Crippen MR) is 67.3 cm³/mol. The first-order chi connectivity index (χ1) is 8.08. The second-order valence-electron chi connectivity index (χ2n) is 4.31. The Kier molecular flexibility index (Phi) is 3.28. The molecular formula is C12H14N2O2S. The van der Waals surface area contributed by atoms with Crippen molar-refractivity contribution in [3.63, 3.8) is 0 Å². The van der Waals surface area contributed by atoms with Crippen molar-refractivity contribution in [2.75, 3.05) is 0 Å². The van der Waals surface area contributed by atoms with Gasteiger partial charge in [-0.2, -0.15) is 16.4 Å². The van der Waals surface area contributed by atoms with Crippen molar-refractivity contribution in [1.82, 2.24) is 9.78 Å². The summed E-state index contributed by atoms with van der Waals surface area (Å²) in [5.74, 6) is -0.567. The molecule has 2 rings (SSSR count). The standard InChI is InChI=1S/C12H14N2O2S/c1-8(2)6-14-11(12(15)16)5-10(13-14)9-3-4-17-7-9/h3-5,7-8H,6H2,1-2H3,(H,15,16). The zero-order valence-electron chi connectivity index (χ0n) is 9.75. The van der Waals surface area contributed by atoms with Crippen LogP contribution in [-0.2, 0) is 6.54 Å². The van der Waals surface area contributed by atoms with Gasteiger partial charge >= 0.3 is 5.97 Å². The first-order valence-corrected chi connectivity index (χ1v) is 6.36. The van der Waals surface area contributed by atoms with E-state index in [0.717, 1.165) is 11.3 Å². The van der Waals surface area contributed by atoms with Crippen LogP contribution in [0.15, 0.2) is 22.9 Å². The Morgan fingerprint density at radius 2 is 2.35 bits per heavy atom. The molecule has 0 saturated heterocycles. The molecule has 0 aliphatic rings. The summed E-state index contributed by atoms with van der Waals surface area (Å²) in [5, 5.41) is 17.4. The number of aromatic carboxylic acids is 1. The van der Waals surface area contributed by atoms with Crippen LogP contribution in [0.3, 0.4) is 0 Å². The van der Waals surface area contributed by atoms with Gasteiger partial charge in [-0.15, -0.1) is 0 Å². The van der Waals surface area contributed by atoms with Gasteiger partial charge in [-0.1, -0.05) is 13.8 Å². The molecule has 0 radical (unpaired) electrons. The van der Waals surface area contributed by atoms with Gasteiger partial charge in [-0.3, -0.25) is 4.68 Å². The number of aromatic nitrogens is 2. The molecule has 1 N–H and O–H groups in total. The highest BCUT2D eigenvalue weighted by Crippen LogP contribution is 2.22. The van der Waals surface area contributed by atoms with Crippen molar-refractivity contribution in [1.29, 1.82) is 0 Å². The maximum absolute atomic E-state index is 11.1. The van der Waals surface area contributed by atoms with Crippen molar-refractivity contribution in [3.8, 4) is 11.3 Å². The highest BCUT2D eigenvalue weighted by Gasteiger charge is 2.15. The quantitative estimate of drug-likeness (QED) is 0.907.